The van der Waals surface area contributed by atoms with Gasteiger partial charge in [-0.15, -0.1) is 0 Å². The van der Waals surface area contributed by atoms with Crippen LogP contribution in [0.5, 0.6) is 0 Å². The Labute approximate surface area is 149 Å². The van der Waals surface area contributed by atoms with Gasteiger partial charge < -0.3 is 5.32 Å². The second-order valence-corrected chi connectivity index (χ2v) is 6.26. The number of benzene rings is 2. The maximum Gasteiger partial charge on any atom is 0.254 e. The first-order valence-electron chi connectivity index (χ1n) is 8.60. The van der Waals surface area contributed by atoms with Crippen LogP contribution in [-0.4, -0.2) is 18.2 Å². The van der Waals surface area contributed by atoms with E-state index in [0.717, 1.165) is 29.5 Å². The second kappa shape index (κ2) is 8.97. The standard InChI is InChI=1S/C22H25NO2/c1-16-9-7-10-17(2)20(16)15-21(18(3)24)22(25)23-14-8-13-19-11-5-4-6-12-19/h4-7,9-12,15H,8,13-14H2,1-3H3,(H,23,25)/b21-15-. The minimum atomic E-state index is -0.303. The smallest absolute Gasteiger partial charge is 0.254 e. The van der Waals surface area contributed by atoms with Crippen molar-refractivity contribution in [3.8, 4) is 0 Å². The van der Waals surface area contributed by atoms with Gasteiger partial charge in [0.05, 0.1) is 5.57 Å². The fourth-order valence-electron chi connectivity index (χ4n) is 2.76. The van der Waals surface area contributed by atoms with Crippen LogP contribution in [0.25, 0.3) is 6.08 Å². The molecule has 0 aliphatic rings. The number of hydrogen-bond acceptors (Lipinski definition) is 2. The maximum absolute atomic E-state index is 12.4. The molecule has 3 heteroatoms. The van der Waals surface area contributed by atoms with E-state index in [1.807, 2.05) is 50.2 Å². The van der Waals surface area contributed by atoms with E-state index in [-0.39, 0.29) is 17.3 Å². The lowest BCUT2D eigenvalue weighted by molar-refractivity contribution is -0.121. The number of ketones is 1. The summed E-state index contributed by atoms with van der Waals surface area (Å²) in [5, 5.41) is 2.87. The molecular weight excluding hydrogens is 310 g/mol. The molecule has 0 saturated heterocycles. The van der Waals surface area contributed by atoms with Gasteiger partial charge in [-0.3, -0.25) is 9.59 Å². The Morgan fingerprint density at radius 3 is 2.20 bits per heavy atom. The van der Waals surface area contributed by atoms with Crippen molar-refractivity contribution in [3.05, 3.63) is 76.4 Å². The van der Waals surface area contributed by atoms with Crippen molar-refractivity contribution in [2.45, 2.75) is 33.6 Å². The van der Waals surface area contributed by atoms with E-state index < -0.39 is 0 Å². The average Bonchev–Trinajstić information content (AvgIpc) is 2.59. The minimum absolute atomic E-state index is 0.206. The van der Waals surface area contributed by atoms with Gasteiger partial charge in [-0.05, 0) is 61.9 Å². The third-order valence-electron chi connectivity index (χ3n) is 4.23. The first-order valence-corrected chi connectivity index (χ1v) is 8.60. The predicted molar refractivity (Wildman–Crippen MR) is 102 cm³/mol. The molecular formula is C22H25NO2. The predicted octanol–water partition coefficient (Wildman–Crippen LogP) is 4.02. The first-order chi connectivity index (χ1) is 12.0. The largest absolute Gasteiger partial charge is 0.352 e. The van der Waals surface area contributed by atoms with Crippen molar-refractivity contribution < 1.29 is 9.59 Å². The van der Waals surface area contributed by atoms with E-state index in [2.05, 4.69) is 17.4 Å². The molecule has 0 fully saturated rings. The van der Waals surface area contributed by atoms with Gasteiger partial charge >= 0.3 is 0 Å². The van der Waals surface area contributed by atoms with E-state index in [0.29, 0.717) is 6.54 Å². The summed E-state index contributed by atoms with van der Waals surface area (Å²) in [5.74, 6) is -0.522. The average molecular weight is 335 g/mol. The lowest BCUT2D eigenvalue weighted by Crippen LogP contribution is -2.28. The first kappa shape index (κ1) is 18.7. The zero-order chi connectivity index (χ0) is 18.2. The Balaban J connectivity index is 2.01. The summed E-state index contributed by atoms with van der Waals surface area (Å²) < 4.78 is 0. The topological polar surface area (TPSA) is 46.2 Å². The van der Waals surface area contributed by atoms with Gasteiger partial charge in [0.15, 0.2) is 5.78 Å². The molecule has 2 rings (SSSR count). The van der Waals surface area contributed by atoms with Crippen LogP contribution in [0.3, 0.4) is 0 Å². The molecule has 0 unspecified atom stereocenters. The molecule has 25 heavy (non-hydrogen) atoms. The second-order valence-electron chi connectivity index (χ2n) is 6.26. The molecule has 0 aliphatic heterocycles. The third kappa shape index (κ3) is 5.42. The number of carbonyl (C=O) groups is 2. The number of hydrogen-bond donors (Lipinski definition) is 1. The van der Waals surface area contributed by atoms with E-state index in [4.69, 9.17) is 0 Å². The summed E-state index contributed by atoms with van der Waals surface area (Å²) in [6, 6.07) is 16.1. The Bertz CT molecular complexity index is 756. The number of aryl methyl sites for hydroxylation is 3. The van der Waals surface area contributed by atoms with E-state index >= 15 is 0 Å². The van der Waals surface area contributed by atoms with Gasteiger partial charge in [-0.2, -0.15) is 0 Å². The Kier molecular flexibility index (Phi) is 6.70. The van der Waals surface area contributed by atoms with Gasteiger partial charge in [0, 0.05) is 6.54 Å². The van der Waals surface area contributed by atoms with Crippen LogP contribution in [0.2, 0.25) is 0 Å². The summed E-state index contributed by atoms with van der Waals surface area (Å²) >= 11 is 0. The van der Waals surface area contributed by atoms with Crippen LogP contribution in [0.15, 0.2) is 54.1 Å². The van der Waals surface area contributed by atoms with Gasteiger partial charge in [-0.25, -0.2) is 0 Å². The fourth-order valence-corrected chi connectivity index (χ4v) is 2.76. The highest BCUT2D eigenvalue weighted by atomic mass is 16.2. The highest BCUT2D eigenvalue weighted by Crippen LogP contribution is 2.17. The highest BCUT2D eigenvalue weighted by Gasteiger charge is 2.15. The molecule has 0 bridgehead atoms. The maximum atomic E-state index is 12.4. The van der Waals surface area contributed by atoms with Crippen molar-refractivity contribution in [2.75, 3.05) is 6.54 Å². The number of Topliss-reactive ketones (excluding diaryl/α,β-unsaturated/α-hetero) is 1. The van der Waals surface area contributed by atoms with E-state index in [1.165, 1.54) is 12.5 Å². The molecule has 0 atom stereocenters. The number of rotatable bonds is 7. The fraction of sp³-hybridized carbons (Fsp3) is 0.273. The molecule has 0 spiro atoms. The number of amides is 1. The monoisotopic (exact) mass is 335 g/mol. The normalized spacial score (nSPS) is 11.2. The molecule has 2 aromatic rings. The van der Waals surface area contributed by atoms with Crippen LogP contribution in [0.1, 0.15) is 35.6 Å². The van der Waals surface area contributed by atoms with Crippen molar-refractivity contribution >= 4 is 17.8 Å². The van der Waals surface area contributed by atoms with Crippen LogP contribution in [-0.2, 0) is 16.0 Å². The molecule has 3 nitrogen and oxygen atoms in total. The Hall–Kier alpha value is -2.68. The summed E-state index contributed by atoms with van der Waals surface area (Å²) in [5.41, 5.74) is 4.49. The van der Waals surface area contributed by atoms with Crippen molar-refractivity contribution in [3.63, 3.8) is 0 Å². The summed E-state index contributed by atoms with van der Waals surface area (Å²) in [6.07, 6.45) is 3.45. The van der Waals surface area contributed by atoms with E-state index in [9.17, 15) is 9.59 Å². The number of nitrogens with one attached hydrogen (secondary N) is 1. The van der Waals surface area contributed by atoms with Crippen LogP contribution in [0.4, 0.5) is 0 Å². The molecule has 0 radical (unpaired) electrons. The summed E-state index contributed by atoms with van der Waals surface area (Å²) in [7, 11) is 0. The summed E-state index contributed by atoms with van der Waals surface area (Å²) in [6.45, 7) is 5.94. The number of carbonyl (C=O) groups excluding carboxylic acids is 2. The SMILES string of the molecule is CC(=O)/C(=C/c1c(C)cccc1C)C(=O)NCCCc1ccccc1. The van der Waals surface area contributed by atoms with Gasteiger partial charge in [0.25, 0.3) is 5.91 Å². The lowest BCUT2D eigenvalue weighted by Gasteiger charge is -2.09. The van der Waals surface area contributed by atoms with Crippen LogP contribution < -0.4 is 5.32 Å². The molecule has 130 valence electrons. The van der Waals surface area contributed by atoms with Gasteiger partial charge in [0.2, 0.25) is 0 Å². The molecule has 0 aromatic heterocycles. The highest BCUT2D eigenvalue weighted by molar-refractivity contribution is 6.21. The Morgan fingerprint density at radius 2 is 1.60 bits per heavy atom. The van der Waals surface area contributed by atoms with Crippen molar-refractivity contribution in [1.82, 2.24) is 5.32 Å². The molecule has 0 saturated carbocycles. The van der Waals surface area contributed by atoms with Crippen LogP contribution in [0, 0.1) is 13.8 Å². The zero-order valence-electron chi connectivity index (χ0n) is 15.1. The quantitative estimate of drug-likeness (QED) is 0.359. The van der Waals surface area contributed by atoms with Crippen molar-refractivity contribution in [2.24, 2.45) is 0 Å². The minimum Gasteiger partial charge on any atom is -0.352 e. The summed E-state index contributed by atoms with van der Waals surface area (Å²) in [4.78, 5) is 24.4. The van der Waals surface area contributed by atoms with E-state index in [1.54, 1.807) is 6.08 Å². The van der Waals surface area contributed by atoms with Gasteiger partial charge in [-0.1, -0.05) is 48.5 Å². The molecule has 2 aromatic carbocycles. The molecule has 1 amide bonds. The van der Waals surface area contributed by atoms with Gasteiger partial charge in [0.1, 0.15) is 0 Å². The van der Waals surface area contributed by atoms with Crippen LogP contribution >= 0.6 is 0 Å². The zero-order valence-corrected chi connectivity index (χ0v) is 15.1. The Morgan fingerprint density at radius 1 is 0.960 bits per heavy atom. The molecule has 1 N–H and O–H groups in total. The van der Waals surface area contributed by atoms with Crippen molar-refractivity contribution in [1.29, 1.82) is 0 Å². The third-order valence-corrected chi connectivity index (χ3v) is 4.23. The lowest BCUT2D eigenvalue weighted by atomic mass is 9.99. The molecule has 0 aliphatic carbocycles. The molecule has 0 heterocycles.